The Labute approximate surface area is 116 Å². The van der Waals surface area contributed by atoms with Gasteiger partial charge in [0, 0.05) is 23.5 Å². The summed E-state index contributed by atoms with van der Waals surface area (Å²) in [6.07, 6.45) is 0. The second-order valence-corrected chi connectivity index (χ2v) is 4.72. The smallest absolute Gasteiger partial charge is 0.251 e. The number of ether oxygens (including phenoxy) is 2. The number of hydrogen-bond acceptors (Lipinski definition) is 3. The van der Waals surface area contributed by atoms with Gasteiger partial charge in [-0.05, 0) is 18.1 Å². The van der Waals surface area contributed by atoms with E-state index in [0.717, 1.165) is 5.33 Å². The first-order valence-corrected chi connectivity index (χ1v) is 6.80. The molecule has 100 valence electrons. The minimum absolute atomic E-state index is 0.125. The van der Waals surface area contributed by atoms with Crippen molar-refractivity contribution in [3.05, 3.63) is 23.8 Å². The van der Waals surface area contributed by atoms with E-state index in [4.69, 9.17) is 9.47 Å². The highest BCUT2D eigenvalue weighted by Crippen LogP contribution is 2.22. The van der Waals surface area contributed by atoms with Gasteiger partial charge < -0.3 is 14.8 Å². The Morgan fingerprint density at radius 2 is 1.83 bits per heavy atom. The van der Waals surface area contributed by atoms with Crippen LogP contribution in [0.2, 0.25) is 0 Å². The predicted molar refractivity (Wildman–Crippen MR) is 74.8 cm³/mol. The van der Waals surface area contributed by atoms with Crippen molar-refractivity contribution in [1.29, 1.82) is 0 Å². The Morgan fingerprint density at radius 3 is 2.28 bits per heavy atom. The fourth-order valence-corrected chi connectivity index (χ4v) is 1.59. The van der Waals surface area contributed by atoms with Gasteiger partial charge in [0.05, 0.1) is 14.2 Å². The Balaban J connectivity index is 2.78. The van der Waals surface area contributed by atoms with Gasteiger partial charge in [-0.1, -0.05) is 22.9 Å². The van der Waals surface area contributed by atoms with Gasteiger partial charge >= 0.3 is 0 Å². The Morgan fingerprint density at radius 1 is 1.28 bits per heavy atom. The zero-order chi connectivity index (χ0) is 13.5. The molecule has 1 atom stereocenters. The summed E-state index contributed by atoms with van der Waals surface area (Å²) in [5.41, 5.74) is 0.535. The Hall–Kier alpha value is -1.23. The average molecular weight is 316 g/mol. The van der Waals surface area contributed by atoms with Crippen molar-refractivity contribution in [2.75, 3.05) is 26.1 Å². The molecule has 0 bridgehead atoms. The highest BCUT2D eigenvalue weighted by atomic mass is 79.9. The van der Waals surface area contributed by atoms with E-state index in [1.165, 1.54) is 0 Å². The SMILES string of the molecule is COc1cc(OC)cc(C(=O)NCC(C)CBr)c1. The lowest BCUT2D eigenvalue weighted by atomic mass is 10.1. The second-order valence-electron chi connectivity index (χ2n) is 4.07. The third kappa shape index (κ3) is 4.22. The number of halogens is 1. The highest BCUT2D eigenvalue weighted by Gasteiger charge is 2.10. The largest absolute Gasteiger partial charge is 0.497 e. The number of carbonyl (C=O) groups is 1. The summed E-state index contributed by atoms with van der Waals surface area (Å²) >= 11 is 3.38. The van der Waals surface area contributed by atoms with Crippen LogP contribution in [-0.4, -0.2) is 32.0 Å². The van der Waals surface area contributed by atoms with E-state index in [-0.39, 0.29) is 5.91 Å². The van der Waals surface area contributed by atoms with Crippen molar-refractivity contribution in [2.45, 2.75) is 6.92 Å². The molecule has 0 aliphatic heterocycles. The van der Waals surface area contributed by atoms with E-state index in [0.29, 0.717) is 29.5 Å². The molecule has 0 radical (unpaired) electrons. The van der Waals surface area contributed by atoms with Gasteiger partial charge in [0.15, 0.2) is 0 Å². The molecule has 4 nitrogen and oxygen atoms in total. The van der Waals surface area contributed by atoms with Crippen molar-refractivity contribution in [3.8, 4) is 11.5 Å². The van der Waals surface area contributed by atoms with Crippen LogP contribution in [0.3, 0.4) is 0 Å². The van der Waals surface area contributed by atoms with Gasteiger partial charge in [0.1, 0.15) is 11.5 Å². The van der Waals surface area contributed by atoms with Gasteiger partial charge in [-0.25, -0.2) is 0 Å². The van der Waals surface area contributed by atoms with Crippen LogP contribution in [0.25, 0.3) is 0 Å². The number of methoxy groups -OCH3 is 2. The molecule has 1 rings (SSSR count). The van der Waals surface area contributed by atoms with Crippen LogP contribution in [0.4, 0.5) is 0 Å². The van der Waals surface area contributed by atoms with Crippen LogP contribution in [0.5, 0.6) is 11.5 Å². The number of carbonyl (C=O) groups excluding carboxylic acids is 1. The topological polar surface area (TPSA) is 47.6 Å². The highest BCUT2D eigenvalue weighted by molar-refractivity contribution is 9.09. The molecule has 0 aliphatic carbocycles. The lowest BCUT2D eigenvalue weighted by molar-refractivity contribution is 0.0948. The molecule has 0 saturated carbocycles. The quantitative estimate of drug-likeness (QED) is 0.820. The predicted octanol–water partition coefficient (Wildman–Crippen LogP) is 2.46. The Bertz CT molecular complexity index is 387. The number of amides is 1. The van der Waals surface area contributed by atoms with Gasteiger partial charge in [0.2, 0.25) is 0 Å². The van der Waals surface area contributed by atoms with Crippen LogP contribution < -0.4 is 14.8 Å². The molecule has 0 aromatic heterocycles. The molecular formula is C13H18BrNO3. The molecule has 1 aromatic rings. The standard InChI is InChI=1S/C13H18BrNO3/c1-9(7-14)8-15-13(16)10-4-11(17-2)6-12(5-10)18-3/h4-6,9H,7-8H2,1-3H3,(H,15,16). The summed E-state index contributed by atoms with van der Waals surface area (Å²) < 4.78 is 10.3. The van der Waals surface area contributed by atoms with E-state index in [1.807, 2.05) is 0 Å². The molecular weight excluding hydrogens is 298 g/mol. The van der Waals surface area contributed by atoms with Gasteiger partial charge in [-0.2, -0.15) is 0 Å². The summed E-state index contributed by atoms with van der Waals surface area (Å²) in [6.45, 7) is 2.69. The van der Waals surface area contributed by atoms with E-state index >= 15 is 0 Å². The van der Waals surface area contributed by atoms with Gasteiger partial charge in [-0.3, -0.25) is 4.79 Å². The van der Waals surface area contributed by atoms with E-state index < -0.39 is 0 Å². The van der Waals surface area contributed by atoms with Crippen LogP contribution >= 0.6 is 15.9 Å². The Kier molecular flexibility index (Phi) is 5.98. The maximum atomic E-state index is 12.0. The molecule has 0 fully saturated rings. The molecule has 1 aromatic carbocycles. The monoisotopic (exact) mass is 315 g/mol. The average Bonchev–Trinajstić information content (AvgIpc) is 2.43. The van der Waals surface area contributed by atoms with E-state index in [9.17, 15) is 4.79 Å². The first-order valence-electron chi connectivity index (χ1n) is 5.68. The molecule has 1 N–H and O–H groups in total. The van der Waals surface area contributed by atoms with E-state index in [1.54, 1.807) is 32.4 Å². The van der Waals surface area contributed by atoms with Crippen molar-refractivity contribution >= 4 is 21.8 Å². The van der Waals surface area contributed by atoms with Crippen molar-refractivity contribution in [3.63, 3.8) is 0 Å². The van der Waals surface area contributed by atoms with Crippen LogP contribution in [0.1, 0.15) is 17.3 Å². The third-order valence-corrected chi connectivity index (χ3v) is 3.59. The van der Waals surface area contributed by atoms with Crippen LogP contribution in [0, 0.1) is 5.92 Å². The summed E-state index contributed by atoms with van der Waals surface area (Å²) in [6, 6.07) is 5.12. The summed E-state index contributed by atoms with van der Waals surface area (Å²) in [5, 5.41) is 3.73. The second kappa shape index (κ2) is 7.26. The number of nitrogens with one attached hydrogen (secondary N) is 1. The van der Waals surface area contributed by atoms with Gasteiger partial charge in [0.25, 0.3) is 5.91 Å². The molecule has 1 amide bonds. The summed E-state index contributed by atoms with van der Waals surface area (Å²) in [5.74, 6) is 1.47. The molecule has 1 unspecified atom stereocenters. The van der Waals surface area contributed by atoms with Crippen LogP contribution in [0.15, 0.2) is 18.2 Å². The summed E-state index contributed by atoms with van der Waals surface area (Å²) in [4.78, 5) is 12.0. The number of rotatable bonds is 6. The normalized spacial score (nSPS) is 11.8. The third-order valence-electron chi connectivity index (χ3n) is 2.49. The molecule has 18 heavy (non-hydrogen) atoms. The first kappa shape index (κ1) is 14.8. The molecule has 0 saturated heterocycles. The number of hydrogen-bond donors (Lipinski definition) is 1. The molecule has 0 spiro atoms. The number of alkyl halides is 1. The van der Waals surface area contributed by atoms with E-state index in [2.05, 4.69) is 28.2 Å². The minimum Gasteiger partial charge on any atom is -0.497 e. The lowest BCUT2D eigenvalue weighted by Crippen LogP contribution is -2.28. The molecule has 5 heteroatoms. The lowest BCUT2D eigenvalue weighted by Gasteiger charge is -2.11. The maximum Gasteiger partial charge on any atom is 0.251 e. The number of benzene rings is 1. The fourth-order valence-electron chi connectivity index (χ4n) is 1.36. The van der Waals surface area contributed by atoms with Crippen LogP contribution in [-0.2, 0) is 0 Å². The van der Waals surface area contributed by atoms with Gasteiger partial charge in [-0.15, -0.1) is 0 Å². The fraction of sp³-hybridized carbons (Fsp3) is 0.462. The van der Waals surface area contributed by atoms with Crippen molar-refractivity contribution < 1.29 is 14.3 Å². The molecule has 0 heterocycles. The maximum absolute atomic E-state index is 12.0. The zero-order valence-corrected chi connectivity index (χ0v) is 12.4. The first-order chi connectivity index (χ1) is 8.60. The molecule has 0 aliphatic rings. The van der Waals surface area contributed by atoms with Crippen molar-refractivity contribution in [1.82, 2.24) is 5.32 Å². The summed E-state index contributed by atoms with van der Waals surface area (Å²) in [7, 11) is 3.12. The van der Waals surface area contributed by atoms with Crippen molar-refractivity contribution in [2.24, 2.45) is 5.92 Å². The minimum atomic E-state index is -0.125. The zero-order valence-electron chi connectivity index (χ0n) is 10.8.